The predicted octanol–water partition coefficient (Wildman–Crippen LogP) is 16.2. The summed E-state index contributed by atoms with van der Waals surface area (Å²) in [5.74, 6) is 3.30. The number of carbonyl (C=O) groups is 4. The third-order valence-electron chi connectivity index (χ3n) is 18.9. The van der Waals surface area contributed by atoms with Crippen LogP contribution in [0, 0.1) is 48.7 Å². The molecule has 2 aliphatic heterocycles. The number of nitrogens with zero attached hydrogens (tertiary/aromatic N) is 4. The van der Waals surface area contributed by atoms with Crippen molar-refractivity contribution in [2.24, 2.45) is 35.5 Å². The van der Waals surface area contributed by atoms with Gasteiger partial charge in [-0.1, -0.05) is 24.3 Å². The van der Waals surface area contributed by atoms with Crippen molar-refractivity contribution in [3.05, 3.63) is 128 Å². The van der Waals surface area contributed by atoms with E-state index in [0.29, 0.717) is 70.0 Å². The molecule has 8 bridgehead atoms. The topological polar surface area (TPSA) is 176 Å². The molecule has 14 rings (SSSR count). The fraction of sp³-hybridized carbons (Fsp3) is 0.514. The summed E-state index contributed by atoms with van der Waals surface area (Å²) in [6.07, 6.45) is 8.87. The Bertz CT molecular complexity index is 3610. The summed E-state index contributed by atoms with van der Waals surface area (Å²) in [5, 5.41) is -0.848. The Hall–Kier alpha value is -7.14. The van der Waals surface area contributed by atoms with Crippen molar-refractivity contribution in [2.45, 2.75) is 101 Å². The fourth-order valence-corrected chi connectivity index (χ4v) is 17.2. The van der Waals surface area contributed by atoms with Crippen LogP contribution < -0.4 is 18.9 Å². The van der Waals surface area contributed by atoms with Crippen molar-refractivity contribution in [2.75, 3.05) is 93.4 Å². The molecule has 8 saturated carbocycles. The van der Waals surface area contributed by atoms with Gasteiger partial charge in [0.1, 0.15) is 11.5 Å². The molecule has 0 N–H and O–H groups in total. The van der Waals surface area contributed by atoms with Gasteiger partial charge in [-0.3, -0.25) is 29.0 Å². The zero-order chi connectivity index (χ0) is 67.8. The Morgan fingerprint density at radius 1 is 0.458 bits per heavy atom. The highest BCUT2D eigenvalue weighted by Gasteiger charge is 2.53. The molecule has 2 heterocycles. The lowest BCUT2D eigenvalue weighted by Crippen LogP contribution is -2.52. The molecule has 512 valence electrons. The summed E-state index contributed by atoms with van der Waals surface area (Å²) < 4.78 is 139. The highest BCUT2D eigenvalue weighted by atomic mass is 32.2. The van der Waals surface area contributed by atoms with E-state index in [1.165, 1.54) is 127 Å². The van der Waals surface area contributed by atoms with Crippen LogP contribution in [0.4, 0.5) is 47.3 Å². The normalized spacial score (nSPS) is 25.6. The molecule has 0 radical (unpaired) electrons. The molecule has 96 heavy (non-hydrogen) atoms. The van der Waals surface area contributed by atoms with Crippen molar-refractivity contribution < 1.29 is 92.9 Å². The summed E-state index contributed by atoms with van der Waals surface area (Å²) in [6, 6.07) is 14.9. The Morgan fingerprint density at radius 2 is 0.781 bits per heavy atom. The molecule has 4 aromatic rings. The first-order chi connectivity index (χ1) is 46.1. The van der Waals surface area contributed by atoms with Gasteiger partial charge in [-0.15, -0.1) is 0 Å². The number of amides is 4. The minimum absolute atomic E-state index is 0.00510. The molecule has 0 unspecified atom stereocenters. The molecule has 0 aromatic heterocycles. The summed E-state index contributed by atoms with van der Waals surface area (Å²) >= 11 is 1.58. The lowest BCUT2D eigenvalue weighted by atomic mass is 9.54. The van der Waals surface area contributed by atoms with Crippen LogP contribution in [0.3, 0.4) is 0 Å². The van der Waals surface area contributed by atoms with Crippen LogP contribution in [0.5, 0.6) is 34.5 Å². The Kier molecular flexibility index (Phi) is 22.5. The maximum Gasteiger partial charge on any atom is 0.418 e. The second-order valence-electron chi connectivity index (χ2n) is 25.6. The van der Waals surface area contributed by atoms with Gasteiger partial charge in [0.15, 0.2) is 34.4 Å². The van der Waals surface area contributed by atoms with E-state index in [-0.39, 0.29) is 81.7 Å². The van der Waals surface area contributed by atoms with E-state index in [4.69, 9.17) is 60.5 Å². The Labute approximate surface area is 561 Å². The SMILES string of the molecule is [C-]#[N+]c1ccc(Oc2ccc(/C=C3\SC(=O)N(CCOCCOC45CC6CC(CC(C6)C4)C5)C3=O)cc2OC)c(C(F)(F)F)c1.[C-]#[N+]c1ccc(Oc2ccc(/C=C3\SC(=O)N(CCOCCOCCOCCOC45CC6CC(CC(C6)C4)C5)C3=O)cc2OC)c(C(F)(F)F)c1. The van der Waals surface area contributed by atoms with Gasteiger partial charge in [0, 0.05) is 0 Å². The van der Waals surface area contributed by atoms with Crippen LogP contribution in [0.25, 0.3) is 21.8 Å². The van der Waals surface area contributed by atoms with Crippen LogP contribution in [0.2, 0.25) is 0 Å². The standard InChI is InChI=1S/C37H41F3N2O8S.C33H33F3N2O6S/c1-41-28-4-6-30(29(20-28)37(38,39)40)50-31-5-3-24(18-32(31)45-2)19-33-34(43)42(35(44)51-33)7-8-46-9-10-47-11-12-48-13-14-49-36-21-25-15-26(22-36)17-27(16-25)23-36;1-37-24-4-6-26(25(16-24)33(34,35)36)44-27-5-3-20(14-28(27)41-2)15-29-30(39)38(31(40)45-29)7-8-42-9-10-43-32-17-21-11-22(18-32)13-23(12-21)19-32/h3-6,18-20,25-27H,7-17,21-23H2,2H3;3-6,14-16,21-23H,7-13,17-19H2,2H3/b33-19-;29-15-. The van der Waals surface area contributed by atoms with Crippen molar-refractivity contribution in [3.63, 3.8) is 0 Å². The van der Waals surface area contributed by atoms with E-state index in [2.05, 4.69) is 9.69 Å². The number of thioether (sulfide) groups is 2. The molecule has 4 aromatic carbocycles. The van der Waals surface area contributed by atoms with E-state index in [1.54, 1.807) is 6.07 Å². The number of rotatable bonds is 28. The zero-order valence-corrected chi connectivity index (χ0v) is 54.7. The average molecular weight is 1370 g/mol. The highest BCUT2D eigenvalue weighted by molar-refractivity contribution is 8.18. The molecule has 18 nitrogen and oxygen atoms in total. The number of hydrogen-bond acceptors (Lipinski definition) is 16. The Balaban J connectivity index is 0.000000197. The number of hydrogen-bond donors (Lipinski definition) is 0. The molecular formula is C70H74F6N4O14S2. The highest BCUT2D eigenvalue weighted by Crippen LogP contribution is 2.59. The first kappa shape index (κ1) is 70.2. The first-order valence-electron chi connectivity index (χ1n) is 32.1. The third-order valence-corrected chi connectivity index (χ3v) is 20.7. The van der Waals surface area contributed by atoms with Gasteiger partial charge >= 0.3 is 12.4 Å². The third kappa shape index (κ3) is 17.2. The van der Waals surface area contributed by atoms with Crippen LogP contribution in [0.15, 0.2) is 82.6 Å². The second kappa shape index (κ2) is 30.7. The van der Waals surface area contributed by atoms with Gasteiger partial charge in [0.25, 0.3) is 22.3 Å². The number of ether oxygens (including phenoxy) is 10. The molecule has 10 aliphatic rings. The Morgan fingerprint density at radius 3 is 1.10 bits per heavy atom. The number of methoxy groups -OCH3 is 2. The number of benzene rings is 4. The van der Waals surface area contributed by atoms with E-state index < -0.39 is 57.3 Å². The second-order valence-corrected chi connectivity index (χ2v) is 27.6. The van der Waals surface area contributed by atoms with Gasteiger partial charge in [-0.05, 0) is 208 Å². The molecule has 2 saturated heterocycles. The monoisotopic (exact) mass is 1370 g/mol. The van der Waals surface area contributed by atoms with Gasteiger partial charge in [-0.2, -0.15) is 26.3 Å². The summed E-state index contributed by atoms with van der Waals surface area (Å²) in [7, 11) is 2.66. The van der Waals surface area contributed by atoms with E-state index >= 15 is 0 Å². The number of carbonyl (C=O) groups excluding carboxylic acids is 4. The van der Waals surface area contributed by atoms with E-state index in [1.807, 2.05) is 0 Å². The van der Waals surface area contributed by atoms with Gasteiger partial charge in [0.05, 0.1) is 139 Å². The van der Waals surface area contributed by atoms with Crippen molar-refractivity contribution in [1.29, 1.82) is 0 Å². The zero-order valence-electron chi connectivity index (χ0n) is 53.1. The number of alkyl halides is 6. The lowest BCUT2D eigenvalue weighted by molar-refractivity contribution is -0.169. The molecule has 4 amide bonds. The molecule has 26 heteroatoms. The van der Waals surface area contributed by atoms with Crippen molar-refractivity contribution in [3.8, 4) is 34.5 Å². The number of imide groups is 2. The van der Waals surface area contributed by atoms with Gasteiger partial charge in [0.2, 0.25) is 0 Å². The first-order valence-corrected chi connectivity index (χ1v) is 33.7. The molecule has 0 spiro atoms. The fourth-order valence-electron chi connectivity index (χ4n) is 15.4. The summed E-state index contributed by atoms with van der Waals surface area (Å²) in [6.45, 7) is 18.1. The van der Waals surface area contributed by atoms with Gasteiger partial charge < -0.3 is 47.4 Å². The quantitative estimate of drug-likeness (QED) is 0.0227. The molecule has 8 aliphatic carbocycles. The van der Waals surface area contributed by atoms with Crippen LogP contribution in [-0.2, 0) is 50.4 Å². The van der Waals surface area contributed by atoms with Crippen LogP contribution in [-0.4, -0.2) is 137 Å². The van der Waals surface area contributed by atoms with Crippen LogP contribution >= 0.6 is 23.5 Å². The average Bonchev–Trinajstić information content (AvgIpc) is 1.11. The molecule has 10 fully saturated rings. The maximum absolute atomic E-state index is 13.6. The summed E-state index contributed by atoms with van der Waals surface area (Å²) in [4.78, 5) is 59.8. The minimum Gasteiger partial charge on any atom is -0.493 e. The molecular weight excluding hydrogens is 1300 g/mol. The van der Waals surface area contributed by atoms with E-state index in [9.17, 15) is 45.5 Å². The minimum atomic E-state index is -4.75. The molecule has 0 atom stereocenters. The van der Waals surface area contributed by atoms with E-state index in [0.717, 1.165) is 106 Å². The van der Waals surface area contributed by atoms with Gasteiger partial charge in [-0.25, -0.2) is 9.69 Å². The maximum atomic E-state index is 13.6. The van der Waals surface area contributed by atoms with Crippen LogP contribution in [0.1, 0.15) is 99.3 Å². The largest absolute Gasteiger partial charge is 0.493 e. The lowest BCUT2D eigenvalue weighted by Gasteiger charge is -2.56. The predicted molar refractivity (Wildman–Crippen MR) is 344 cm³/mol. The smallest absolute Gasteiger partial charge is 0.418 e. The summed E-state index contributed by atoms with van der Waals surface area (Å²) in [5.41, 5.74) is -1.46. The number of halogens is 6. The van der Waals surface area contributed by atoms with Crippen molar-refractivity contribution in [1.82, 2.24) is 9.80 Å². The van der Waals surface area contributed by atoms with Crippen molar-refractivity contribution >= 4 is 69.3 Å².